The molecule has 4 nitrogen and oxygen atoms in total. The molecule has 0 aromatic carbocycles. The van der Waals surface area contributed by atoms with Gasteiger partial charge in [0.1, 0.15) is 0 Å². The quantitative estimate of drug-likeness (QED) is 0.767. The van der Waals surface area contributed by atoms with Gasteiger partial charge in [0.15, 0.2) is 0 Å². The molecule has 0 spiro atoms. The SMILES string of the molecule is CC.CN1CCN(CC2(CO)CC2)CC1=O. The second kappa shape index (κ2) is 5.64. The van der Waals surface area contributed by atoms with Crippen LogP contribution in [0.2, 0.25) is 0 Å². The van der Waals surface area contributed by atoms with Crippen LogP contribution >= 0.6 is 0 Å². The first-order valence-electron chi connectivity index (χ1n) is 6.22. The molecule has 4 heteroatoms. The van der Waals surface area contributed by atoms with Crippen molar-refractivity contribution in [1.29, 1.82) is 0 Å². The Labute approximate surface area is 98.2 Å². The van der Waals surface area contributed by atoms with Gasteiger partial charge in [-0.25, -0.2) is 0 Å². The maximum atomic E-state index is 11.4. The molecule has 1 aliphatic carbocycles. The van der Waals surface area contributed by atoms with Crippen LogP contribution in [0.4, 0.5) is 0 Å². The highest BCUT2D eigenvalue weighted by atomic mass is 16.3. The van der Waals surface area contributed by atoms with Crippen molar-refractivity contribution in [2.45, 2.75) is 26.7 Å². The summed E-state index contributed by atoms with van der Waals surface area (Å²) in [6.45, 7) is 7.46. The van der Waals surface area contributed by atoms with Gasteiger partial charge < -0.3 is 10.0 Å². The van der Waals surface area contributed by atoms with E-state index in [2.05, 4.69) is 4.90 Å². The molecule has 0 radical (unpaired) electrons. The largest absolute Gasteiger partial charge is 0.396 e. The van der Waals surface area contributed by atoms with Gasteiger partial charge in [0, 0.05) is 38.7 Å². The average Bonchev–Trinajstić information content (AvgIpc) is 3.07. The van der Waals surface area contributed by atoms with Gasteiger partial charge in [-0.05, 0) is 12.8 Å². The van der Waals surface area contributed by atoms with Crippen molar-refractivity contribution in [3.05, 3.63) is 0 Å². The molecule has 2 aliphatic rings. The Balaban J connectivity index is 0.000000606. The van der Waals surface area contributed by atoms with Crippen LogP contribution < -0.4 is 0 Å². The third-order valence-corrected chi connectivity index (χ3v) is 3.39. The molecule has 0 aromatic rings. The lowest BCUT2D eigenvalue weighted by Gasteiger charge is -2.33. The van der Waals surface area contributed by atoms with Crippen molar-refractivity contribution in [3.8, 4) is 0 Å². The molecule has 1 aliphatic heterocycles. The van der Waals surface area contributed by atoms with Crippen LogP contribution in [-0.2, 0) is 4.79 Å². The van der Waals surface area contributed by atoms with Gasteiger partial charge >= 0.3 is 0 Å². The lowest BCUT2D eigenvalue weighted by Crippen LogP contribution is -2.50. The summed E-state index contributed by atoms with van der Waals surface area (Å²) in [5.41, 5.74) is 0.135. The van der Waals surface area contributed by atoms with Gasteiger partial charge in [0.2, 0.25) is 5.91 Å². The number of piperazine rings is 1. The molecule has 16 heavy (non-hydrogen) atoms. The van der Waals surface area contributed by atoms with Crippen molar-refractivity contribution in [3.63, 3.8) is 0 Å². The van der Waals surface area contributed by atoms with Gasteiger partial charge in [0.05, 0.1) is 6.54 Å². The fourth-order valence-electron chi connectivity index (χ4n) is 1.96. The second-order valence-electron chi connectivity index (χ2n) is 4.68. The summed E-state index contributed by atoms with van der Waals surface area (Å²) in [6.07, 6.45) is 2.23. The normalized spacial score (nSPS) is 23.8. The number of carbonyl (C=O) groups is 1. The fourth-order valence-corrected chi connectivity index (χ4v) is 1.96. The standard InChI is InChI=1S/C10H18N2O2.C2H6/c1-11-4-5-12(6-9(11)14)7-10(8-13)2-3-10;1-2/h13H,2-8H2,1H3;1-2H3. The lowest BCUT2D eigenvalue weighted by molar-refractivity contribution is -0.134. The monoisotopic (exact) mass is 228 g/mol. The first-order valence-corrected chi connectivity index (χ1v) is 6.22. The molecule has 1 saturated heterocycles. The van der Waals surface area contributed by atoms with E-state index in [0.29, 0.717) is 6.54 Å². The molecule has 0 unspecified atom stereocenters. The highest BCUT2D eigenvalue weighted by Gasteiger charge is 2.43. The Morgan fingerprint density at radius 2 is 1.94 bits per heavy atom. The van der Waals surface area contributed by atoms with Crippen LogP contribution in [0.15, 0.2) is 0 Å². The summed E-state index contributed by atoms with van der Waals surface area (Å²) >= 11 is 0. The zero-order chi connectivity index (χ0) is 12.2. The number of aliphatic hydroxyl groups is 1. The Kier molecular flexibility index (Phi) is 4.74. The summed E-state index contributed by atoms with van der Waals surface area (Å²) in [5, 5.41) is 9.18. The molecule has 2 rings (SSSR count). The fraction of sp³-hybridized carbons (Fsp3) is 0.917. The minimum absolute atomic E-state index is 0.135. The first kappa shape index (κ1) is 13.5. The van der Waals surface area contributed by atoms with Crippen molar-refractivity contribution >= 4 is 5.91 Å². The first-order chi connectivity index (χ1) is 7.65. The molecular formula is C12H24N2O2. The van der Waals surface area contributed by atoms with Gasteiger partial charge in [-0.3, -0.25) is 9.69 Å². The van der Waals surface area contributed by atoms with Crippen molar-refractivity contribution in [1.82, 2.24) is 9.80 Å². The number of nitrogens with zero attached hydrogens (tertiary/aromatic N) is 2. The van der Waals surface area contributed by atoms with E-state index >= 15 is 0 Å². The molecule has 0 bridgehead atoms. The molecular weight excluding hydrogens is 204 g/mol. The highest BCUT2D eigenvalue weighted by Crippen LogP contribution is 2.45. The Morgan fingerprint density at radius 3 is 2.38 bits per heavy atom. The topological polar surface area (TPSA) is 43.8 Å². The zero-order valence-corrected chi connectivity index (χ0v) is 10.7. The zero-order valence-electron chi connectivity index (χ0n) is 10.7. The van der Waals surface area contributed by atoms with Gasteiger partial charge in [-0.15, -0.1) is 0 Å². The Hall–Kier alpha value is -0.610. The minimum Gasteiger partial charge on any atom is -0.396 e. The number of hydrogen-bond acceptors (Lipinski definition) is 3. The summed E-state index contributed by atoms with van der Waals surface area (Å²) in [4.78, 5) is 15.4. The Morgan fingerprint density at radius 1 is 1.31 bits per heavy atom. The number of likely N-dealkylation sites (N-methyl/N-ethyl adjacent to an activating group) is 1. The highest BCUT2D eigenvalue weighted by molar-refractivity contribution is 5.78. The predicted molar refractivity (Wildman–Crippen MR) is 64.2 cm³/mol. The second-order valence-corrected chi connectivity index (χ2v) is 4.68. The number of hydrogen-bond donors (Lipinski definition) is 1. The molecule has 94 valence electrons. The van der Waals surface area contributed by atoms with E-state index in [1.807, 2.05) is 20.9 Å². The van der Waals surface area contributed by atoms with E-state index in [-0.39, 0.29) is 17.9 Å². The minimum atomic E-state index is 0.135. The van der Waals surface area contributed by atoms with E-state index < -0.39 is 0 Å². The van der Waals surface area contributed by atoms with Crippen molar-refractivity contribution < 1.29 is 9.90 Å². The van der Waals surface area contributed by atoms with Gasteiger partial charge in [-0.2, -0.15) is 0 Å². The van der Waals surface area contributed by atoms with E-state index in [9.17, 15) is 9.90 Å². The van der Waals surface area contributed by atoms with E-state index in [1.165, 1.54) is 0 Å². The summed E-state index contributed by atoms with van der Waals surface area (Å²) in [6, 6.07) is 0. The maximum absolute atomic E-state index is 11.4. The smallest absolute Gasteiger partial charge is 0.236 e. The molecule has 0 atom stereocenters. The van der Waals surface area contributed by atoms with Crippen LogP contribution in [0, 0.1) is 5.41 Å². The average molecular weight is 228 g/mol. The van der Waals surface area contributed by atoms with E-state index in [1.54, 1.807) is 4.90 Å². The van der Waals surface area contributed by atoms with E-state index in [0.717, 1.165) is 32.5 Å². The lowest BCUT2D eigenvalue weighted by atomic mass is 10.1. The van der Waals surface area contributed by atoms with Crippen molar-refractivity contribution in [2.75, 3.05) is 39.8 Å². The number of rotatable bonds is 3. The predicted octanol–water partition coefficient (Wildman–Crippen LogP) is 0.559. The van der Waals surface area contributed by atoms with Crippen LogP contribution in [0.3, 0.4) is 0 Å². The van der Waals surface area contributed by atoms with Crippen molar-refractivity contribution in [2.24, 2.45) is 5.41 Å². The Bertz CT molecular complexity index is 239. The van der Waals surface area contributed by atoms with Gasteiger partial charge in [-0.1, -0.05) is 13.8 Å². The van der Waals surface area contributed by atoms with E-state index in [4.69, 9.17) is 0 Å². The van der Waals surface area contributed by atoms with Crippen LogP contribution in [0.1, 0.15) is 26.7 Å². The van der Waals surface area contributed by atoms with Crippen LogP contribution in [0.25, 0.3) is 0 Å². The molecule has 1 heterocycles. The molecule has 1 N–H and O–H groups in total. The summed E-state index contributed by atoms with van der Waals surface area (Å²) in [7, 11) is 1.85. The number of aliphatic hydroxyl groups excluding tert-OH is 1. The summed E-state index contributed by atoms with van der Waals surface area (Å²) in [5.74, 6) is 0.199. The summed E-state index contributed by atoms with van der Waals surface area (Å²) < 4.78 is 0. The molecule has 1 amide bonds. The molecule has 0 aromatic heterocycles. The van der Waals surface area contributed by atoms with Crippen LogP contribution in [0.5, 0.6) is 0 Å². The van der Waals surface area contributed by atoms with Crippen LogP contribution in [-0.4, -0.2) is 60.6 Å². The molecule has 2 fully saturated rings. The number of carbonyl (C=O) groups excluding carboxylic acids is 1. The number of amides is 1. The maximum Gasteiger partial charge on any atom is 0.236 e. The third-order valence-electron chi connectivity index (χ3n) is 3.39. The van der Waals surface area contributed by atoms with Gasteiger partial charge in [0.25, 0.3) is 0 Å². The molecule has 1 saturated carbocycles. The third kappa shape index (κ3) is 3.19.